The maximum Gasteiger partial charge on any atom is 0.113 e. The average Bonchev–Trinajstić information content (AvgIpc) is 2.83. The van der Waals surface area contributed by atoms with Crippen molar-refractivity contribution in [1.29, 1.82) is 0 Å². The van der Waals surface area contributed by atoms with Gasteiger partial charge in [0.05, 0.1) is 16.9 Å². The van der Waals surface area contributed by atoms with Crippen molar-refractivity contribution in [1.82, 2.24) is 15.0 Å². The third-order valence-corrected chi connectivity index (χ3v) is 3.60. The fourth-order valence-electron chi connectivity index (χ4n) is 2.30. The first-order chi connectivity index (χ1) is 7.36. The highest BCUT2D eigenvalue weighted by atomic mass is 35.5. The van der Waals surface area contributed by atoms with E-state index in [1.807, 2.05) is 22.9 Å². The number of benzene rings is 1. The maximum atomic E-state index is 6.28. The minimum absolute atomic E-state index is 0.204. The van der Waals surface area contributed by atoms with E-state index in [0.717, 1.165) is 23.9 Å². The maximum absolute atomic E-state index is 6.28. The largest absolute Gasteiger partial charge is 0.240 e. The summed E-state index contributed by atoms with van der Waals surface area (Å²) >= 11 is 6.28. The van der Waals surface area contributed by atoms with Gasteiger partial charge in [-0.25, -0.2) is 4.68 Å². The zero-order chi connectivity index (χ0) is 10.3. The van der Waals surface area contributed by atoms with Crippen LogP contribution >= 0.6 is 11.6 Å². The molecule has 78 valence electrons. The molecule has 2 aromatic rings. The molecule has 0 radical (unpaired) electrons. The Balaban J connectivity index is 2.10. The molecule has 3 nitrogen and oxygen atoms in total. The fourth-order valence-corrected chi connectivity index (χ4v) is 2.69. The number of aromatic nitrogens is 3. The molecule has 2 atom stereocenters. The third kappa shape index (κ3) is 1.42. The Morgan fingerprint density at radius 1 is 1.27 bits per heavy atom. The average molecular weight is 222 g/mol. The fraction of sp³-hybridized carbons (Fsp3) is 0.455. The number of halogens is 1. The van der Waals surface area contributed by atoms with Gasteiger partial charge in [0.15, 0.2) is 0 Å². The van der Waals surface area contributed by atoms with E-state index in [-0.39, 0.29) is 5.38 Å². The zero-order valence-corrected chi connectivity index (χ0v) is 9.06. The van der Waals surface area contributed by atoms with E-state index in [1.165, 1.54) is 6.42 Å². The molecule has 1 heterocycles. The van der Waals surface area contributed by atoms with E-state index in [1.54, 1.807) is 0 Å². The zero-order valence-electron chi connectivity index (χ0n) is 8.31. The molecule has 4 heteroatoms. The van der Waals surface area contributed by atoms with Gasteiger partial charge in [-0.3, -0.25) is 0 Å². The summed E-state index contributed by atoms with van der Waals surface area (Å²) in [4.78, 5) is 0. The molecular weight excluding hydrogens is 210 g/mol. The number of para-hydroxylation sites is 1. The van der Waals surface area contributed by atoms with Crippen molar-refractivity contribution in [3.63, 3.8) is 0 Å². The monoisotopic (exact) mass is 221 g/mol. The third-order valence-electron chi connectivity index (χ3n) is 3.09. The highest BCUT2D eigenvalue weighted by Gasteiger charge is 2.28. The van der Waals surface area contributed by atoms with Gasteiger partial charge in [0.25, 0.3) is 0 Å². The Hall–Kier alpha value is -1.09. The highest BCUT2D eigenvalue weighted by molar-refractivity contribution is 6.21. The van der Waals surface area contributed by atoms with Crippen molar-refractivity contribution < 1.29 is 0 Å². The van der Waals surface area contributed by atoms with Crippen LogP contribution < -0.4 is 0 Å². The summed E-state index contributed by atoms with van der Waals surface area (Å²) in [5.74, 6) is 0. The first-order valence-corrected chi connectivity index (χ1v) is 5.74. The van der Waals surface area contributed by atoms with Gasteiger partial charge in [0, 0.05) is 0 Å². The summed E-state index contributed by atoms with van der Waals surface area (Å²) in [6, 6.07) is 8.35. The van der Waals surface area contributed by atoms with Crippen LogP contribution in [0.3, 0.4) is 0 Å². The number of hydrogen-bond acceptors (Lipinski definition) is 2. The van der Waals surface area contributed by atoms with Gasteiger partial charge < -0.3 is 0 Å². The summed E-state index contributed by atoms with van der Waals surface area (Å²) < 4.78 is 1.99. The van der Waals surface area contributed by atoms with E-state index < -0.39 is 0 Å². The summed E-state index contributed by atoms with van der Waals surface area (Å²) in [6.07, 6.45) is 3.38. The molecule has 0 saturated heterocycles. The van der Waals surface area contributed by atoms with Crippen molar-refractivity contribution in [3.8, 4) is 0 Å². The van der Waals surface area contributed by atoms with Crippen LogP contribution in [0, 0.1) is 0 Å². The molecule has 1 aliphatic carbocycles. The van der Waals surface area contributed by atoms with Crippen LogP contribution in [0.25, 0.3) is 11.0 Å². The van der Waals surface area contributed by atoms with Crippen LogP contribution in [0.15, 0.2) is 24.3 Å². The number of alkyl halides is 1. The van der Waals surface area contributed by atoms with Crippen LogP contribution in [0.1, 0.15) is 25.3 Å². The van der Waals surface area contributed by atoms with Gasteiger partial charge in [0.2, 0.25) is 0 Å². The van der Waals surface area contributed by atoms with Crippen molar-refractivity contribution >= 4 is 22.6 Å². The molecule has 15 heavy (non-hydrogen) atoms. The number of rotatable bonds is 1. The molecule has 0 aliphatic heterocycles. The summed E-state index contributed by atoms with van der Waals surface area (Å²) in [5.41, 5.74) is 2.04. The van der Waals surface area contributed by atoms with Crippen molar-refractivity contribution in [2.24, 2.45) is 0 Å². The standard InChI is InChI=1S/C11H12ClN3/c12-8-4-3-7-10(8)15-11-6-2-1-5-9(11)13-14-15/h1-2,5-6,8,10H,3-4,7H2. The van der Waals surface area contributed by atoms with Gasteiger partial charge in [-0.1, -0.05) is 17.3 Å². The first kappa shape index (κ1) is 9.16. The molecule has 2 unspecified atom stereocenters. The van der Waals surface area contributed by atoms with E-state index >= 15 is 0 Å². The highest BCUT2D eigenvalue weighted by Crippen LogP contribution is 2.35. The van der Waals surface area contributed by atoms with E-state index in [2.05, 4.69) is 16.4 Å². The van der Waals surface area contributed by atoms with Crippen LogP contribution in [-0.4, -0.2) is 20.4 Å². The van der Waals surface area contributed by atoms with Crippen molar-refractivity contribution in [2.45, 2.75) is 30.7 Å². The predicted molar refractivity (Wildman–Crippen MR) is 60.1 cm³/mol. The van der Waals surface area contributed by atoms with Crippen LogP contribution in [-0.2, 0) is 0 Å². The lowest BCUT2D eigenvalue weighted by Crippen LogP contribution is -2.15. The lowest BCUT2D eigenvalue weighted by molar-refractivity contribution is 0.472. The summed E-state index contributed by atoms with van der Waals surface area (Å²) in [7, 11) is 0. The smallest absolute Gasteiger partial charge is 0.113 e. The van der Waals surface area contributed by atoms with Crippen molar-refractivity contribution in [2.75, 3.05) is 0 Å². The molecule has 0 amide bonds. The van der Waals surface area contributed by atoms with Crippen LogP contribution in [0.5, 0.6) is 0 Å². The number of nitrogens with zero attached hydrogens (tertiary/aromatic N) is 3. The second-order valence-electron chi connectivity index (χ2n) is 4.04. The second-order valence-corrected chi connectivity index (χ2v) is 4.60. The SMILES string of the molecule is ClC1CCCC1n1nnc2ccccc21. The molecule has 1 aliphatic rings. The second kappa shape index (κ2) is 3.49. The van der Waals surface area contributed by atoms with Gasteiger partial charge >= 0.3 is 0 Å². The first-order valence-electron chi connectivity index (χ1n) is 5.30. The Bertz CT molecular complexity index is 479. The van der Waals surface area contributed by atoms with Crippen molar-refractivity contribution in [3.05, 3.63) is 24.3 Å². The molecule has 1 fully saturated rings. The van der Waals surface area contributed by atoms with Gasteiger partial charge in [-0.2, -0.15) is 0 Å². The lowest BCUT2D eigenvalue weighted by Gasteiger charge is -2.14. The molecule has 1 aromatic heterocycles. The van der Waals surface area contributed by atoms with Crippen LogP contribution in [0.2, 0.25) is 0 Å². The molecule has 0 N–H and O–H groups in total. The molecule has 0 bridgehead atoms. The topological polar surface area (TPSA) is 30.7 Å². The van der Waals surface area contributed by atoms with E-state index in [9.17, 15) is 0 Å². The Morgan fingerprint density at radius 2 is 2.13 bits per heavy atom. The Kier molecular flexibility index (Phi) is 2.13. The molecule has 1 saturated carbocycles. The quantitative estimate of drug-likeness (QED) is 0.694. The van der Waals surface area contributed by atoms with Gasteiger partial charge in [-0.05, 0) is 31.4 Å². The minimum atomic E-state index is 0.204. The van der Waals surface area contributed by atoms with Crippen LogP contribution in [0.4, 0.5) is 0 Å². The normalized spacial score (nSPS) is 26.2. The number of hydrogen-bond donors (Lipinski definition) is 0. The van der Waals surface area contributed by atoms with Gasteiger partial charge in [-0.15, -0.1) is 16.7 Å². The molecule has 0 spiro atoms. The predicted octanol–water partition coefficient (Wildman–Crippen LogP) is 2.76. The molecule has 3 rings (SSSR count). The van der Waals surface area contributed by atoms with Gasteiger partial charge in [0.1, 0.15) is 5.52 Å². The molecular formula is C11H12ClN3. The van der Waals surface area contributed by atoms with E-state index in [0.29, 0.717) is 6.04 Å². The number of fused-ring (bicyclic) bond motifs is 1. The summed E-state index contributed by atoms with van der Waals surface area (Å²) in [6.45, 7) is 0. The lowest BCUT2D eigenvalue weighted by atomic mass is 10.2. The summed E-state index contributed by atoms with van der Waals surface area (Å²) in [5, 5.41) is 8.57. The Labute approximate surface area is 93.0 Å². The molecule has 1 aromatic carbocycles. The Morgan fingerprint density at radius 3 is 2.93 bits per heavy atom. The van der Waals surface area contributed by atoms with E-state index in [4.69, 9.17) is 11.6 Å². The minimum Gasteiger partial charge on any atom is -0.240 e.